The van der Waals surface area contributed by atoms with E-state index < -0.39 is 5.97 Å². The van der Waals surface area contributed by atoms with Crippen LogP contribution < -0.4 is 5.32 Å². The lowest BCUT2D eigenvalue weighted by molar-refractivity contribution is -0.140. The number of aliphatic carboxylic acids is 1. The first-order valence-electron chi connectivity index (χ1n) is 6.92. The van der Waals surface area contributed by atoms with Crippen LogP contribution in [0.15, 0.2) is 0 Å². The Kier molecular flexibility index (Phi) is 3.64. The van der Waals surface area contributed by atoms with Gasteiger partial charge in [-0.3, -0.25) is 9.59 Å². The van der Waals surface area contributed by atoms with Crippen LogP contribution in [0.3, 0.4) is 0 Å². The molecule has 0 atom stereocenters. The zero-order chi connectivity index (χ0) is 13.2. The summed E-state index contributed by atoms with van der Waals surface area (Å²) < 4.78 is 0. The molecule has 2 N–H and O–H groups in total. The lowest BCUT2D eigenvalue weighted by Crippen LogP contribution is -2.34. The van der Waals surface area contributed by atoms with Crippen molar-refractivity contribution in [2.45, 2.75) is 58.3 Å². The number of nitrogens with one attached hydrogen (secondary N) is 1. The first-order valence-corrected chi connectivity index (χ1v) is 6.92. The fourth-order valence-electron chi connectivity index (χ4n) is 2.97. The SMILES string of the molecule is CC1(CNC(=O)CC2(CC(=O)O)CCCC2)CC1. The average Bonchev–Trinajstić information content (AvgIpc) is 2.84. The Labute approximate surface area is 108 Å². The Bertz CT molecular complexity index is 341. The van der Waals surface area contributed by atoms with E-state index in [0.717, 1.165) is 32.2 Å². The third-order valence-corrected chi connectivity index (χ3v) is 4.54. The van der Waals surface area contributed by atoms with Gasteiger partial charge in [-0.15, -0.1) is 0 Å². The Hall–Kier alpha value is -1.06. The number of rotatable bonds is 6. The number of carboxylic acid groups (broad SMARTS) is 1. The standard InChI is InChI=1S/C14H23NO3/c1-13(6-7-13)10-15-11(16)8-14(9-12(17)18)4-2-3-5-14/h2-10H2,1H3,(H,15,16)(H,17,18). The number of carbonyl (C=O) groups excluding carboxylic acids is 1. The van der Waals surface area contributed by atoms with Gasteiger partial charge in [0, 0.05) is 13.0 Å². The zero-order valence-electron chi connectivity index (χ0n) is 11.1. The minimum absolute atomic E-state index is 0.0336. The van der Waals surface area contributed by atoms with Crippen molar-refractivity contribution in [3.8, 4) is 0 Å². The van der Waals surface area contributed by atoms with Crippen LogP contribution in [0.5, 0.6) is 0 Å². The van der Waals surface area contributed by atoms with Crippen LogP contribution in [0, 0.1) is 10.8 Å². The molecule has 102 valence electrons. The summed E-state index contributed by atoms with van der Waals surface area (Å²) in [5, 5.41) is 12.0. The molecule has 2 aliphatic rings. The molecule has 18 heavy (non-hydrogen) atoms. The summed E-state index contributed by atoms with van der Waals surface area (Å²) in [4.78, 5) is 22.9. The maximum Gasteiger partial charge on any atom is 0.303 e. The van der Waals surface area contributed by atoms with Crippen LogP contribution in [0.2, 0.25) is 0 Å². The van der Waals surface area contributed by atoms with Crippen LogP contribution in [-0.4, -0.2) is 23.5 Å². The van der Waals surface area contributed by atoms with Gasteiger partial charge in [-0.05, 0) is 36.5 Å². The predicted octanol–water partition coefficient (Wildman–Crippen LogP) is 2.33. The molecule has 4 heteroatoms. The fourth-order valence-corrected chi connectivity index (χ4v) is 2.97. The molecule has 0 unspecified atom stereocenters. The van der Waals surface area contributed by atoms with E-state index in [1.807, 2.05) is 0 Å². The summed E-state index contributed by atoms with van der Waals surface area (Å²) in [6.07, 6.45) is 6.76. The number of carbonyl (C=O) groups is 2. The number of hydrogen-bond acceptors (Lipinski definition) is 2. The van der Waals surface area contributed by atoms with Gasteiger partial charge < -0.3 is 10.4 Å². The van der Waals surface area contributed by atoms with Crippen molar-refractivity contribution in [2.24, 2.45) is 10.8 Å². The van der Waals surface area contributed by atoms with Crippen molar-refractivity contribution >= 4 is 11.9 Å². The predicted molar refractivity (Wildman–Crippen MR) is 68.1 cm³/mol. The van der Waals surface area contributed by atoms with Crippen LogP contribution in [-0.2, 0) is 9.59 Å². The number of amides is 1. The fraction of sp³-hybridized carbons (Fsp3) is 0.857. The van der Waals surface area contributed by atoms with Crippen molar-refractivity contribution in [3.63, 3.8) is 0 Å². The molecule has 2 aliphatic carbocycles. The summed E-state index contributed by atoms with van der Waals surface area (Å²) >= 11 is 0. The summed E-state index contributed by atoms with van der Waals surface area (Å²) in [7, 11) is 0. The van der Waals surface area contributed by atoms with Crippen molar-refractivity contribution in [1.82, 2.24) is 5.32 Å². The van der Waals surface area contributed by atoms with Crippen molar-refractivity contribution in [1.29, 1.82) is 0 Å². The first-order chi connectivity index (χ1) is 8.43. The summed E-state index contributed by atoms with van der Waals surface area (Å²) in [5.41, 5.74) is 0.0334. The van der Waals surface area contributed by atoms with Gasteiger partial charge in [0.25, 0.3) is 0 Å². The second-order valence-electron chi connectivity index (χ2n) is 6.54. The molecular weight excluding hydrogens is 230 g/mol. The van der Waals surface area contributed by atoms with E-state index in [1.165, 1.54) is 12.8 Å². The molecule has 1 amide bonds. The van der Waals surface area contributed by atoms with E-state index in [4.69, 9.17) is 5.11 Å². The van der Waals surface area contributed by atoms with Gasteiger partial charge in [0.2, 0.25) is 5.91 Å². The van der Waals surface area contributed by atoms with E-state index in [1.54, 1.807) is 0 Å². The maximum atomic E-state index is 12.0. The third-order valence-electron chi connectivity index (χ3n) is 4.54. The van der Waals surface area contributed by atoms with E-state index in [9.17, 15) is 9.59 Å². The van der Waals surface area contributed by atoms with Crippen LogP contribution in [0.4, 0.5) is 0 Å². The van der Waals surface area contributed by atoms with Crippen LogP contribution >= 0.6 is 0 Å². The molecule has 2 fully saturated rings. The minimum atomic E-state index is -0.779. The lowest BCUT2D eigenvalue weighted by Gasteiger charge is -2.26. The van der Waals surface area contributed by atoms with Crippen molar-refractivity contribution in [3.05, 3.63) is 0 Å². The highest BCUT2D eigenvalue weighted by molar-refractivity contribution is 5.78. The number of hydrogen-bond donors (Lipinski definition) is 2. The van der Waals surface area contributed by atoms with Gasteiger partial charge in [0.05, 0.1) is 6.42 Å². The molecule has 4 nitrogen and oxygen atoms in total. The van der Waals surface area contributed by atoms with Gasteiger partial charge in [-0.2, -0.15) is 0 Å². The van der Waals surface area contributed by atoms with E-state index >= 15 is 0 Å². The third kappa shape index (κ3) is 3.47. The van der Waals surface area contributed by atoms with E-state index in [2.05, 4.69) is 12.2 Å². The zero-order valence-corrected chi connectivity index (χ0v) is 11.1. The Morgan fingerprint density at radius 1 is 1.11 bits per heavy atom. The largest absolute Gasteiger partial charge is 0.481 e. The molecule has 2 saturated carbocycles. The summed E-state index contributed by atoms with van der Waals surface area (Å²) in [5.74, 6) is -0.745. The molecule has 0 heterocycles. The molecule has 0 bridgehead atoms. The second-order valence-corrected chi connectivity index (χ2v) is 6.54. The Morgan fingerprint density at radius 2 is 1.72 bits per heavy atom. The quantitative estimate of drug-likeness (QED) is 0.763. The highest BCUT2D eigenvalue weighted by Gasteiger charge is 2.40. The first kappa shape index (κ1) is 13.4. The minimum Gasteiger partial charge on any atom is -0.481 e. The Balaban J connectivity index is 1.84. The smallest absolute Gasteiger partial charge is 0.303 e. The molecule has 0 aromatic rings. The number of carboxylic acids is 1. The molecule has 0 radical (unpaired) electrons. The second kappa shape index (κ2) is 4.90. The van der Waals surface area contributed by atoms with Gasteiger partial charge >= 0.3 is 5.97 Å². The molecule has 0 spiro atoms. The lowest BCUT2D eigenvalue weighted by atomic mass is 9.79. The van der Waals surface area contributed by atoms with Crippen LogP contribution in [0.1, 0.15) is 58.3 Å². The molecule has 2 rings (SSSR count). The highest BCUT2D eigenvalue weighted by atomic mass is 16.4. The van der Waals surface area contributed by atoms with Crippen molar-refractivity contribution < 1.29 is 14.7 Å². The van der Waals surface area contributed by atoms with Gasteiger partial charge in [0.15, 0.2) is 0 Å². The molecule has 0 aromatic carbocycles. The van der Waals surface area contributed by atoms with Crippen LogP contribution in [0.25, 0.3) is 0 Å². The van der Waals surface area contributed by atoms with Gasteiger partial charge in [-0.1, -0.05) is 19.8 Å². The van der Waals surface area contributed by atoms with E-state index in [-0.39, 0.29) is 17.7 Å². The Morgan fingerprint density at radius 3 is 2.22 bits per heavy atom. The summed E-state index contributed by atoms with van der Waals surface area (Å²) in [6.45, 7) is 2.92. The molecule has 0 saturated heterocycles. The highest BCUT2D eigenvalue weighted by Crippen LogP contribution is 2.45. The maximum absolute atomic E-state index is 12.0. The topological polar surface area (TPSA) is 66.4 Å². The van der Waals surface area contributed by atoms with Gasteiger partial charge in [0.1, 0.15) is 0 Å². The molecular formula is C14H23NO3. The average molecular weight is 253 g/mol. The normalized spacial score (nSPS) is 23.6. The van der Waals surface area contributed by atoms with E-state index in [0.29, 0.717) is 11.8 Å². The summed E-state index contributed by atoms with van der Waals surface area (Å²) in [6, 6.07) is 0. The molecule has 0 aliphatic heterocycles. The van der Waals surface area contributed by atoms with Crippen molar-refractivity contribution in [2.75, 3.05) is 6.54 Å². The monoisotopic (exact) mass is 253 g/mol. The molecule has 0 aromatic heterocycles. The van der Waals surface area contributed by atoms with Gasteiger partial charge in [-0.25, -0.2) is 0 Å².